The number of hydrogen-bond donors (Lipinski definition) is 2. The van der Waals surface area contributed by atoms with Crippen molar-refractivity contribution in [3.8, 4) is 0 Å². The van der Waals surface area contributed by atoms with Crippen LogP contribution in [-0.4, -0.2) is 31.7 Å². The van der Waals surface area contributed by atoms with Gasteiger partial charge in [-0.3, -0.25) is 14.9 Å². The normalized spacial score (nSPS) is 10.5. The van der Waals surface area contributed by atoms with Crippen LogP contribution in [-0.2, 0) is 6.54 Å². The van der Waals surface area contributed by atoms with E-state index in [4.69, 9.17) is 0 Å². The lowest BCUT2D eigenvalue weighted by atomic mass is 10.1. The smallest absolute Gasteiger partial charge is 0.356 e. The summed E-state index contributed by atoms with van der Waals surface area (Å²) in [4.78, 5) is 34.0. The molecule has 142 valence electrons. The summed E-state index contributed by atoms with van der Waals surface area (Å²) in [5.41, 5.74) is 1.82. The molecular weight excluding hydrogens is 364 g/mol. The van der Waals surface area contributed by atoms with E-state index in [9.17, 15) is 24.8 Å². The van der Waals surface area contributed by atoms with Crippen LogP contribution in [0, 0.1) is 17.0 Å². The Hall–Kier alpha value is -4.01. The third kappa shape index (κ3) is 4.21. The molecule has 1 heterocycles. The summed E-state index contributed by atoms with van der Waals surface area (Å²) in [5, 5.41) is 26.6. The third-order valence-corrected chi connectivity index (χ3v) is 4.03. The molecule has 3 aromatic rings. The van der Waals surface area contributed by atoms with Crippen LogP contribution < -0.4 is 5.32 Å². The monoisotopic (exact) mass is 380 g/mol. The van der Waals surface area contributed by atoms with E-state index in [2.05, 4.69) is 10.4 Å². The van der Waals surface area contributed by atoms with Gasteiger partial charge in [-0.2, -0.15) is 5.10 Å². The molecule has 9 nitrogen and oxygen atoms in total. The highest BCUT2D eigenvalue weighted by atomic mass is 16.6. The molecule has 0 bridgehead atoms. The number of aryl methyl sites for hydroxylation is 1. The van der Waals surface area contributed by atoms with Crippen LogP contribution >= 0.6 is 0 Å². The molecular formula is C19H16N4O5. The van der Waals surface area contributed by atoms with Gasteiger partial charge in [-0.1, -0.05) is 29.8 Å². The zero-order chi connectivity index (χ0) is 20.3. The Balaban J connectivity index is 1.86. The first-order valence-electron chi connectivity index (χ1n) is 8.26. The number of aromatic carboxylic acids is 1. The summed E-state index contributed by atoms with van der Waals surface area (Å²) >= 11 is 0. The van der Waals surface area contributed by atoms with Crippen LogP contribution in [0.1, 0.15) is 32.0 Å². The van der Waals surface area contributed by atoms with Crippen molar-refractivity contribution in [2.45, 2.75) is 13.5 Å². The number of non-ortho nitro benzene ring substituents is 1. The Morgan fingerprint density at radius 1 is 1.14 bits per heavy atom. The zero-order valence-corrected chi connectivity index (χ0v) is 14.8. The van der Waals surface area contributed by atoms with Crippen molar-refractivity contribution in [3.63, 3.8) is 0 Å². The molecule has 0 saturated heterocycles. The second-order valence-corrected chi connectivity index (χ2v) is 6.12. The first-order chi connectivity index (χ1) is 13.3. The van der Waals surface area contributed by atoms with Crippen molar-refractivity contribution < 1.29 is 19.6 Å². The molecule has 2 N–H and O–H groups in total. The summed E-state index contributed by atoms with van der Waals surface area (Å²) in [7, 11) is 0. The number of rotatable bonds is 6. The molecule has 0 aliphatic heterocycles. The average molecular weight is 380 g/mol. The fourth-order valence-electron chi connectivity index (χ4n) is 2.53. The van der Waals surface area contributed by atoms with Crippen molar-refractivity contribution in [2.24, 2.45) is 0 Å². The molecule has 3 rings (SSSR count). The molecule has 0 unspecified atom stereocenters. The quantitative estimate of drug-likeness (QED) is 0.500. The summed E-state index contributed by atoms with van der Waals surface area (Å²) in [6.07, 6.45) is 0. The van der Waals surface area contributed by atoms with Crippen molar-refractivity contribution in [3.05, 3.63) is 87.1 Å². The van der Waals surface area contributed by atoms with Gasteiger partial charge in [0.05, 0.1) is 11.5 Å². The Labute approximate surface area is 159 Å². The Morgan fingerprint density at radius 2 is 1.79 bits per heavy atom. The van der Waals surface area contributed by atoms with Gasteiger partial charge in [-0.05, 0) is 24.6 Å². The minimum absolute atomic E-state index is 0.0525. The number of nitrogens with one attached hydrogen (secondary N) is 1. The van der Waals surface area contributed by atoms with Gasteiger partial charge >= 0.3 is 5.97 Å². The van der Waals surface area contributed by atoms with Crippen molar-refractivity contribution in [1.29, 1.82) is 0 Å². The SMILES string of the molecule is Cc1ccc(C(=O)Nc2cc(C(=O)O)nn2Cc2ccc([N+](=O)[O-])cc2)cc1. The fourth-order valence-corrected chi connectivity index (χ4v) is 2.53. The fraction of sp³-hybridized carbons (Fsp3) is 0.105. The summed E-state index contributed by atoms with van der Waals surface area (Å²) in [6, 6.07) is 14.0. The highest BCUT2D eigenvalue weighted by Crippen LogP contribution is 2.17. The summed E-state index contributed by atoms with van der Waals surface area (Å²) < 4.78 is 1.33. The maximum atomic E-state index is 12.5. The van der Waals surface area contributed by atoms with Gasteiger partial charge in [-0.15, -0.1) is 0 Å². The molecule has 1 amide bonds. The van der Waals surface area contributed by atoms with E-state index >= 15 is 0 Å². The van der Waals surface area contributed by atoms with Crippen molar-refractivity contribution >= 4 is 23.4 Å². The second kappa shape index (κ2) is 7.70. The van der Waals surface area contributed by atoms with E-state index < -0.39 is 16.8 Å². The maximum absolute atomic E-state index is 12.5. The molecule has 9 heteroatoms. The summed E-state index contributed by atoms with van der Waals surface area (Å²) in [6.45, 7) is 2.04. The molecule has 0 atom stereocenters. The van der Waals surface area contributed by atoms with Crippen LogP contribution in [0.2, 0.25) is 0 Å². The van der Waals surface area contributed by atoms with Gasteiger partial charge in [0.1, 0.15) is 5.82 Å². The molecule has 0 fully saturated rings. The van der Waals surface area contributed by atoms with Crippen LogP contribution in [0.4, 0.5) is 11.5 Å². The second-order valence-electron chi connectivity index (χ2n) is 6.12. The minimum atomic E-state index is -1.23. The number of carboxylic acids is 1. The molecule has 0 radical (unpaired) electrons. The van der Waals surface area contributed by atoms with E-state index in [-0.39, 0.29) is 23.7 Å². The molecule has 0 saturated carbocycles. The third-order valence-electron chi connectivity index (χ3n) is 4.03. The number of nitro benzene ring substituents is 1. The van der Waals surface area contributed by atoms with Gasteiger partial charge in [0.2, 0.25) is 0 Å². The number of hydrogen-bond acceptors (Lipinski definition) is 5. The Kier molecular flexibility index (Phi) is 5.16. The van der Waals surface area contributed by atoms with E-state index in [0.29, 0.717) is 11.1 Å². The number of benzene rings is 2. The van der Waals surface area contributed by atoms with Crippen molar-refractivity contribution in [2.75, 3.05) is 5.32 Å². The number of nitrogens with zero attached hydrogens (tertiary/aromatic N) is 3. The Bertz CT molecular complexity index is 1040. The van der Waals surface area contributed by atoms with Crippen molar-refractivity contribution in [1.82, 2.24) is 9.78 Å². The molecule has 1 aromatic heterocycles. The van der Waals surface area contributed by atoms with E-state index in [1.807, 2.05) is 6.92 Å². The number of carbonyl (C=O) groups excluding carboxylic acids is 1. The predicted molar refractivity (Wildman–Crippen MR) is 101 cm³/mol. The van der Waals surface area contributed by atoms with Crippen LogP contribution in [0.5, 0.6) is 0 Å². The topological polar surface area (TPSA) is 127 Å². The van der Waals surface area contributed by atoms with E-state index in [0.717, 1.165) is 5.56 Å². The molecule has 28 heavy (non-hydrogen) atoms. The standard InChI is InChI=1S/C19H16N4O5/c1-12-2-6-14(7-3-12)18(24)20-17-10-16(19(25)26)21-22(17)11-13-4-8-15(9-5-13)23(27)28/h2-10H,11H2,1H3,(H,20,24)(H,25,26). The number of aromatic nitrogens is 2. The average Bonchev–Trinajstić information content (AvgIpc) is 3.05. The Morgan fingerprint density at radius 3 is 2.36 bits per heavy atom. The number of nitro groups is 1. The highest BCUT2D eigenvalue weighted by molar-refractivity contribution is 6.04. The zero-order valence-electron chi connectivity index (χ0n) is 14.8. The van der Waals surface area contributed by atoms with Gasteiger partial charge in [-0.25, -0.2) is 9.48 Å². The molecule has 2 aromatic carbocycles. The van der Waals surface area contributed by atoms with Gasteiger partial charge in [0.15, 0.2) is 5.69 Å². The lowest BCUT2D eigenvalue weighted by molar-refractivity contribution is -0.384. The molecule has 0 aliphatic rings. The summed E-state index contributed by atoms with van der Waals surface area (Å²) in [5.74, 6) is -1.42. The van der Waals surface area contributed by atoms with Crippen LogP contribution in [0.15, 0.2) is 54.6 Å². The first-order valence-corrected chi connectivity index (χ1v) is 8.26. The number of carbonyl (C=O) groups is 2. The lowest BCUT2D eigenvalue weighted by Crippen LogP contribution is -2.16. The number of amides is 1. The van der Waals surface area contributed by atoms with E-state index in [1.165, 1.54) is 22.9 Å². The van der Waals surface area contributed by atoms with Crippen LogP contribution in [0.3, 0.4) is 0 Å². The van der Waals surface area contributed by atoms with Gasteiger partial charge < -0.3 is 10.4 Å². The first kappa shape index (κ1) is 18.8. The maximum Gasteiger partial charge on any atom is 0.356 e. The number of carboxylic acid groups (broad SMARTS) is 1. The molecule has 0 spiro atoms. The molecule has 0 aliphatic carbocycles. The largest absolute Gasteiger partial charge is 0.476 e. The highest BCUT2D eigenvalue weighted by Gasteiger charge is 2.16. The predicted octanol–water partition coefficient (Wildman–Crippen LogP) is 3.10. The van der Waals surface area contributed by atoms with Gasteiger partial charge in [0, 0.05) is 23.8 Å². The van der Waals surface area contributed by atoms with E-state index in [1.54, 1.807) is 36.4 Å². The van der Waals surface area contributed by atoms with Gasteiger partial charge in [0.25, 0.3) is 11.6 Å². The lowest BCUT2D eigenvalue weighted by Gasteiger charge is -2.09. The number of anilines is 1. The minimum Gasteiger partial charge on any atom is -0.476 e. The van der Waals surface area contributed by atoms with Crippen LogP contribution in [0.25, 0.3) is 0 Å².